The molecule has 2 rings (SSSR count). The molecule has 122 valence electrons. The second kappa shape index (κ2) is 7.73. The first-order chi connectivity index (χ1) is 11.0. The number of nitrogens with zero attached hydrogens (tertiary/aromatic N) is 1. The van der Waals surface area contributed by atoms with E-state index >= 15 is 0 Å². The Morgan fingerprint density at radius 3 is 2.91 bits per heavy atom. The number of rotatable bonds is 6. The summed E-state index contributed by atoms with van der Waals surface area (Å²) < 4.78 is 16.0. The van der Waals surface area contributed by atoms with Gasteiger partial charge in [0.1, 0.15) is 23.2 Å². The second-order valence-corrected chi connectivity index (χ2v) is 6.25. The zero-order valence-electron chi connectivity index (χ0n) is 12.7. The van der Waals surface area contributed by atoms with Crippen LogP contribution in [0.3, 0.4) is 0 Å². The van der Waals surface area contributed by atoms with Gasteiger partial charge >= 0.3 is 5.97 Å². The van der Waals surface area contributed by atoms with Gasteiger partial charge in [0.2, 0.25) is 0 Å². The highest BCUT2D eigenvalue weighted by Crippen LogP contribution is 2.09. The molecule has 0 spiro atoms. The third-order valence-electron chi connectivity index (χ3n) is 3.28. The minimum Gasteiger partial charge on any atom is -0.480 e. The molecule has 0 saturated carbocycles. The van der Waals surface area contributed by atoms with Crippen molar-refractivity contribution in [1.29, 1.82) is 0 Å². The van der Waals surface area contributed by atoms with E-state index in [2.05, 4.69) is 4.72 Å². The number of aromatic nitrogens is 1. The van der Waals surface area contributed by atoms with Gasteiger partial charge in [-0.1, -0.05) is 30.4 Å². The Kier molecular flexibility index (Phi) is 5.70. The molecule has 1 atom stereocenters. The van der Waals surface area contributed by atoms with Crippen molar-refractivity contribution in [2.75, 3.05) is 10.5 Å². The number of carboxylic acids is 1. The SMILES string of the molecule is Cc1ccc(NS(=O)CC2=CCC=CC=C2)c(=O)n1CC(=O)O. The number of carbonyl (C=O) groups is 1. The molecule has 1 aliphatic rings. The van der Waals surface area contributed by atoms with Crippen LogP contribution in [0.4, 0.5) is 5.69 Å². The first-order valence-corrected chi connectivity index (χ1v) is 8.39. The summed E-state index contributed by atoms with van der Waals surface area (Å²) in [4.78, 5) is 23.1. The second-order valence-electron chi connectivity index (χ2n) is 5.07. The average Bonchev–Trinajstić information content (AvgIpc) is 2.75. The van der Waals surface area contributed by atoms with Crippen molar-refractivity contribution < 1.29 is 14.1 Å². The molecule has 0 amide bonds. The van der Waals surface area contributed by atoms with E-state index in [0.29, 0.717) is 5.69 Å². The van der Waals surface area contributed by atoms with E-state index in [1.165, 1.54) is 6.07 Å². The number of hydrogen-bond acceptors (Lipinski definition) is 3. The van der Waals surface area contributed by atoms with Gasteiger partial charge in [-0.3, -0.25) is 18.9 Å². The van der Waals surface area contributed by atoms with Gasteiger partial charge in [-0.05, 0) is 31.1 Å². The molecule has 1 aromatic heterocycles. The molecule has 0 saturated heterocycles. The zero-order chi connectivity index (χ0) is 16.8. The normalized spacial score (nSPS) is 14.9. The number of anilines is 1. The number of aliphatic carboxylic acids is 1. The Labute approximate surface area is 136 Å². The lowest BCUT2D eigenvalue weighted by atomic mass is 10.2. The minimum atomic E-state index is -1.47. The molecule has 23 heavy (non-hydrogen) atoms. The largest absolute Gasteiger partial charge is 0.480 e. The molecule has 0 aromatic carbocycles. The number of hydrogen-bond donors (Lipinski definition) is 2. The van der Waals surface area contributed by atoms with Crippen LogP contribution in [-0.4, -0.2) is 25.6 Å². The first-order valence-electron chi connectivity index (χ1n) is 7.07. The molecule has 2 N–H and O–H groups in total. The van der Waals surface area contributed by atoms with Crippen molar-refractivity contribution in [3.8, 4) is 0 Å². The van der Waals surface area contributed by atoms with E-state index in [1.54, 1.807) is 13.0 Å². The summed E-state index contributed by atoms with van der Waals surface area (Å²) in [6.45, 7) is 1.23. The number of nitrogens with one attached hydrogen (secondary N) is 1. The van der Waals surface area contributed by atoms with Gasteiger partial charge in [0.25, 0.3) is 5.56 Å². The lowest BCUT2D eigenvalue weighted by molar-refractivity contribution is -0.137. The van der Waals surface area contributed by atoms with Crippen molar-refractivity contribution >= 4 is 22.6 Å². The van der Waals surface area contributed by atoms with Crippen molar-refractivity contribution in [3.05, 3.63) is 64.1 Å². The standard InChI is InChI=1S/C16H18N2O4S/c1-12-8-9-14(16(21)18(12)10-15(19)20)17-23(22)11-13-6-4-2-3-5-7-13/h2-4,6-9,17H,5,10-11H2,1H3,(H,19,20). The Balaban J connectivity index is 2.13. The molecule has 1 aliphatic carbocycles. The molecule has 0 aliphatic heterocycles. The summed E-state index contributed by atoms with van der Waals surface area (Å²) in [6, 6.07) is 3.14. The minimum absolute atomic E-state index is 0.131. The molecule has 1 heterocycles. The number of pyridine rings is 1. The summed E-state index contributed by atoms with van der Waals surface area (Å²) >= 11 is 0. The van der Waals surface area contributed by atoms with Gasteiger partial charge in [-0.25, -0.2) is 4.21 Å². The van der Waals surface area contributed by atoms with Crippen molar-refractivity contribution in [3.63, 3.8) is 0 Å². The summed E-state index contributed by atoms with van der Waals surface area (Å²) in [5, 5.41) is 8.87. The average molecular weight is 334 g/mol. The monoisotopic (exact) mass is 334 g/mol. The van der Waals surface area contributed by atoms with Gasteiger partial charge in [0.05, 0.1) is 5.75 Å². The highest BCUT2D eigenvalue weighted by atomic mass is 32.2. The fourth-order valence-corrected chi connectivity index (χ4v) is 3.11. The number of carboxylic acid groups (broad SMARTS) is 1. The summed E-state index contributed by atoms with van der Waals surface area (Å²) in [5.41, 5.74) is 1.09. The van der Waals surface area contributed by atoms with Crippen LogP contribution in [0.1, 0.15) is 12.1 Å². The van der Waals surface area contributed by atoms with E-state index in [4.69, 9.17) is 5.11 Å². The van der Waals surface area contributed by atoms with Crippen LogP contribution in [0.2, 0.25) is 0 Å². The van der Waals surface area contributed by atoms with E-state index in [9.17, 15) is 13.8 Å². The molecule has 0 bridgehead atoms. The van der Waals surface area contributed by atoms with Crippen LogP contribution in [0, 0.1) is 6.92 Å². The molecule has 7 heteroatoms. The summed E-state index contributed by atoms with van der Waals surface area (Å²) in [7, 11) is -1.47. The topological polar surface area (TPSA) is 88.4 Å². The van der Waals surface area contributed by atoms with Crippen LogP contribution in [0.15, 0.2) is 52.9 Å². The van der Waals surface area contributed by atoms with Crippen molar-refractivity contribution in [1.82, 2.24) is 4.57 Å². The van der Waals surface area contributed by atoms with E-state index in [1.807, 2.05) is 30.4 Å². The molecular weight excluding hydrogens is 316 g/mol. The van der Waals surface area contributed by atoms with E-state index < -0.39 is 29.1 Å². The van der Waals surface area contributed by atoms with Crippen molar-refractivity contribution in [2.24, 2.45) is 0 Å². The molecular formula is C16H18N2O4S. The maximum Gasteiger partial charge on any atom is 0.323 e. The smallest absolute Gasteiger partial charge is 0.323 e. The van der Waals surface area contributed by atoms with Crippen LogP contribution < -0.4 is 10.3 Å². The molecule has 0 fully saturated rings. The van der Waals surface area contributed by atoms with E-state index in [-0.39, 0.29) is 11.4 Å². The fraction of sp³-hybridized carbons (Fsp3) is 0.250. The Bertz CT molecular complexity index is 775. The predicted octanol–water partition coefficient (Wildman–Crippen LogP) is 1.76. The van der Waals surface area contributed by atoms with Crippen LogP contribution in [0.25, 0.3) is 0 Å². The maximum absolute atomic E-state index is 12.3. The number of allylic oxidation sites excluding steroid dienone is 5. The first kappa shape index (κ1) is 17.0. The van der Waals surface area contributed by atoms with Gasteiger partial charge in [0.15, 0.2) is 0 Å². The van der Waals surface area contributed by atoms with Crippen LogP contribution in [0.5, 0.6) is 0 Å². The predicted molar refractivity (Wildman–Crippen MR) is 90.7 cm³/mol. The van der Waals surface area contributed by atoms with Gasteiger partial charge < -0.3 is 5.11 Å². The van der Waals surface area contributed by atoms with Crippen LogP contribution in [-0.2, 0) is 22.3 Å². The molecule has 1 aromatic rings. The third kappa shape index (κ3) is 4.79. The van der Waals surface area contributed by atoms with Crippen LogP contribution >= 0.6 is 0 Å². The van der Waals surface area contributed by atoms with Gasteiger partial charge in [-0.15, -0.1) is 0 Å². The zero-order valence-corrected chi connectivity index (χ0v) is 13.5. The number of aryl methyl sites for hydroxylation is 1. The Hall–Kier alpha value is -2.41. The lowest BCUT2D eigenvalue weighted by Gasteiger charge is -2.11. The third-order valence-corrected chi connectivity index (χ3v) is 4.32. The lowest BCUT2D eigenvalue weighted by Crippen LogP contribution is -2.29. The van der Waals surface area contributed by atoms with Gasteiger partial charge in [-0.2, -0.15) is 0 Å². The fourth-order valence-electron chi connectivity index (χ4n) is 2.12. The summed E-state index contributed by atoms with van der Waals surface area (Å²) in [5.74, 6) is -0.834. The van der Waals surface area contributed by atoms with Gasteiger partial charge in [0, 0.05) is 5.69 Å². The summed E-state index contributed by atoms with van der Waals surface area (Å²) in [6.07, 6.45) is 10.4. The highest BCUT2D eigenvalue weighted by molar-refractivity contribution is 7.86. The van der Waals surface area contributed by atoms with E-state index in [0.717, 1.165) is 16.6 Å². The highest BCUT2D eigenvalue weighted by Gasteiger charge is 2.11. The molecule has 1 unspecified atom stereocenters. The Morgan fingerprint density at radius 2 is 2.17 bits per heavy atom. The quantitative estimate of drug-likeness (QED) is 0.830. The Morgan fingerprint density at radius 1 is 1.39 bits per heavy atom. The molecule has 6 nitrogen and oxygen atoms in total. The molecule has 0 radical (unpaired) electrons. The maximum atomic E-state index is 12.3. The van der Waals surface area contributed by atoms with Crippen molar-refractivity contribution in [2.45, 2.75) is 19.9 Å².